The zero-order chi connectivity index (χ0) is 14.4. The molecule has 3 N–H and O–H groups in total. The first kappa shape index (κ1) is 15.3. The maximum absolute atomic E-state index is 7.40. The Morgan fingerprint density at radius 3 is 2.47 bits per heavy atom. The highest BCUT2D eigenvalue weighted by molar-refractivity contribution is 5.79. The van der Waals surface area contributed by atoms with E-state index in [1.807, 2.05) is 32.2 Å². The van der Waals surface area contributed by atoms with Gasteiger partial charge in [0, 0.05) is 19.0 Å². The van der Waals surface area contributed by atoms with Crippen LogP contribution in [0.3, 0.4) is 0 Å². The summed E-state index contributed by atoms with van der Waals surface area (Å²) in [6.07, 6.45) is 0. The van der Waals surface area contributed by atoms with Gasteiger partial charge >= 0.3 is 0 Å². The topological polar surface area (TPSA) is 71.6 Å². The average molecular weight is 265 g/mol. The van der Waals surface area contributed by atoms with E-state index in [1.165, 1.54) is 0 Å². The molecule has 19 heavy (non-hydrogen) atoms. The zero-order valence-electron chi connectivity index (χ0n) is 12.1. The van der Waals surface area contributed by atoms with Crippen molar-refractivity contribution < 1.29 is 9.47 Å². The number of amidine groups is 1. The molecule has 0 aliphatic heterocycles. The van der Waals surface area contributed by atoms with Crippen molar-refractivity contribution in [2.24, 2.45) is 11.7 Å². The molecule has 0 aliphatic rings. The summed E-state index contributed by atoms with van der Waals surface area (Å²) >= 11 is 0. The maximum atomic E-state index is 7.40. The summed E-state index contributed by atoms with van der Waals surface area (Å²) in [4.78, 5) is 2.13. The van der Waals surface area contributed by atoms with E-state index in [0.717, 1.165) is 30.2 Å². The molecule has 0 spiro atoms. The van der Waals surface area contributed by atoms with Crippen LogP contribution in [0.4, 0.5) is 0 Å². The summed E-state index contributed by atoms with van der Waals surface area (Å²) in [5.41, 5.74) is 6.62. The maximum Gasteiger partial charge on any atom is 0.161 e. The fraction of sp³-hybridized carbons (Fsp3) is 0.500. The minimum absolute atomic E-state index is 0.0603. The van der Waals surface area contributed by atoms with Crippen LogP contribution >= 0.6 is 0 Å². The zero-order valence-corrected chi connectivity index (χ0v) is 12.1. The van der Waals surface area contributed by atoms with E-state index in [2.05, 4.69) is 4.90 Å². The first-order valence-corrected chi connectivity index (χ1v) is 6.21. The van der Waals surface area contributed by atoms with Gasteiger partial charge in [0.2, 0.25) is 0 Å². The number of nitrogens with zero attached hydrogens (tertiary/aromatic N) is 1. The second-order valence-electron chi connectivity index (χ2n) is 4.74. The van der Waals surface area contributed by atoms with Gasteiger partial charge in [-0.25, -0.2) is 0 Å². The summed E-state index contributed by atoms with van der Waals surface area (Å²) in [6, 6.07) is 5.88. The highest BCUT2D eigenvalue weighted by Gasteiger charge is 2.11. The van der Waals surface area contributed by atoms with E-state index in [0.29, 0.717) is 0 Å². The molecule has 1 unspecified atom stereocenters. The van der Waals surface area contributed by atoms with Gasteiger partial charge in [0.15, 0.2) is 11.5 Å². The fourth-order valence-electron chi connectivity index (χ4n) is 1.92. The van der Waals surface area contributed by atoms with Crippen LogP contribution in [0.2, 0.25) is 0 Å². The lowest BCUT2D eigenvalue weighted by Crippen LogP contribution is -2.31. The van der Waals surface area contributed by atoms with E-state index in [9.17, 15) is 0 Å². The standard InChI is InChI=1S/C14H23N3O2/c1-10(14(15)16)8-17(2)9-11-5-6-12(18-3)13(7-11)19-4/h5-7,10H,8-9H2,1-4H3,(H3,15,16). The normalized spacial score (nSPS) is 12.3. The number of rotatable bonds is 7. The van der Waals surface area contributed by atoms with Crippen LogP contribution < -0.4 is 15.2 Å². The van der Waals surface area contributed by atoms with E-state index < -0.39 is 0 Å². The highest BCUT2D eigenvalue weighted by atomic mass is 16.5. The second-order valence-corrected chi connectivity index (χ2v) is 4.74. The van der Waals surface area contributed by atoms with Gasteiger partial charge in [0.05, 0.1) is 20.1 Å². The molecular formula is C14H23N3O2. The molecule has 1 atom stereocenters. The molecule has 0 fully saturated rings. The molecule has 5 heteroatoms. The quantitative estimate of drug-likeness (QED) is 0.581. The number of benzene rings is 1. The highest BCUT2D eigenvalue weighted by Crippen LogP contribution is 2.27. The number of nitrogens with one attached hydrogen (secondary N) is 1. The molecule has 1 aromatic rings. The van der Waals surface area contributed by atoms with Crippen molar-refractivity contribution in [2.75, 3.05) is 27.8 Å². The molecule has 0 radical (unpaired) electrons. The first-order valence-electron chi connectivity index (χ1n) is 6.21. The predicted octanol–water partition coefficient (Wildman–Crippen LogP) is 1.71. The van der Waals surface area contributed by atoms with Crippen molar-refractivity contribution >= 4 is 5.84 Å². The third-order valence-electron chi connectivity index (χ3n) is 3.02. The number of hydrogen-bond donors (Lipinski definition) is 2. The Bertz CT molecular complexity index is 435. The molecule has 0 bridgehead atoms. The molecular weight excluding hydrogens is 242 g/mol. The minimum Gasteiger partial charge on any atom is -0.493 e. The van der Waals surface area contributed by atoms with Crippen LogP contribution in [0.15, 0.2) is 18.2 Å². The second kappa shape index (κ2) is 6.99. The Morgan fingerprint density at radius 2 is 1.95 bits per heavy atom. The van der Waals surface area contributed by atoms with Crippen LogP contribution in [-0.4, -0.2) is 38.5 Å². The smallest absolute Gasteiger partial charge is 0.161 e. The van der Waals surface area contributed by atoms with Crippen molar-refractivity contribution in [1.82, 2.24) is 4.90 Å². The molecule has 0 aliphatic carbocycles. The number of hydrogen-bond acceptors (Lipinski definition) is 4. The predicted molar refractivity (Wildman–Crippen MR) is 77.0 cm³/mol. The number of methoxy groups -OCH3 is 2. The number of nitrogens with two attached hydrogens (primary N) is 1. The van der Waals surface area contributed by atoms with Crippen LogP contribution in [0.25, 0.3) is 0 Å². The van der Waals surface area contributed by atoms with E-state index in [-0.39, 0.29) is 11.8 Å². The van der Waals surface area contributed by atoms with Crippen LogP contribution in [0.1, 0.15) is 12.5 Å². The van der Waals surface area contributed by atoms with Crippen molar-refractivity contribution in [3.05, 3.63) is 23.8 Å². The summed E-state index contributed by atoms with van der Waals surface area (Å²) in [6.45, 7) is 3.48. The third-order valence-corrected chi connectivity index (χ3v) is 3.02. The Kier molecular flexibility index (Phi) is 5.63. The summed E-state index contributed by atoms with van der Waals surface area (Å²) in [7, 11) is 5.26. The number of ether oxygens (including phenoxy) is 2. The monoisotopic (exact) mass is 265 g/mol. The molecule has 0 saturated heterocycles. The van der Waals surface area contributed by atoms with Crippen molar-refractivity contribution in [3.63, 3.8) is 0 Å². The average Bonchev–Trinajstić information content (AvgIpc) is 2.38. The molecule has 0 aromatic heterocycles. The Labute approximate surface area is 114 Å². The molecule has 1 rings (SSSR count). The summed E-state index contributed by atoms with van der Waals surface area (Å²) in [5, 5.41) is 7.40. The molecule has 5 nitrogen and oxygen atoms in total. The van der Waals surface area contributed by atoms with Crippen molar-refractivity contribution in [1.29, 1.82) is 5.41 Å². The van der Waals surface area contributed by atoms with Crippen molar-refractivity contribution in [3.8, 4) is 11.5 Å². The first-order chi connectivity index (χ1) is 8.97. The van der Waals surface area contributed by atoms with Crippen molar-refractivity contribution in [2.45, 2.75) is 13.5 Å². The largest absolute Gasteiger partial charge is 0.493 e. The Balaban J connectivity index is 2.69. The van der Waals surface area contributed by atoms with Gasteiger partial charge in [0.1, 0.15) is 0 Å². The molecule has 0 saturated carbocycles. The van der Waals surface area contributed by atoms with E-state index in [4.69, 9.17) is 20.6 Å². The van der Waals surface area contributed by atoms with Gasteiger partial charge in [-0.2, -0.15) is 0 Å². The van der Waals surface area contributed by atoms with Gasteiger partial charge in [-0.05, 0) is 24.7 Å². The van der Waals surface area contributed by atoms with Gasteiger partial charge < -0.3 is 20.1 Å². The summed E-state index contributed by atoms with van der Waals surface area (Å²) in [5.74, 6) is 1.74. The Morgan fingerprint density at radius 1 is 1.32 bits per heavy atom. The van der Waals surface area contributed by atoms with Gasteiger partial charge in [-0.3, -0.25) is 5.41 Å². The molecule has 0 heterocycles. The lowest BCUT2D eigenvalue weighted by atomic mass is 10.1. The van der Waals surface area contributed by atoms with Crippen LogP contribution in [-0.2, 0) is 6.54 Å². The van der Waals surface area contributed by atoms with Gasteiger partial charge in [-0.15, -0.1) is 0 Å². The SMILES string of the molecule is COc1ccc(CN(C)CC(C)C(=N)N)cc1OC. The van der Waals surface area contributed by atoms with E-state index in [1.54, 1.807) is 14.2 Å². The lowest BCUT2D eigenvalue weighted by molar-refractivity contribution is 0.304. The van der Waals surface area contributed by atoms with Crippen LogP contribution in [0, 0.1) is 11.3 Å². The summed E-state index contributed by atoms with van der Waals surface area (Å²) < 4.78 is 10.5. The van der Waals surface area contributed by atoms with E-state index >= 15 is 0 Å². The van der Waals surface area contributed by atoms with Gasteiger partial charge in [0.25, 0.3) is 0 Å². The molecule has 0 amide bonds. The fourth-order valence-corrected chi connectivity index (χ4v) is 1.92. The molecule has 106 valence electrons. The minimum atomic E-state index is 0.0603. The molecule has 1 aromatic carbocycles. The third kappa shape index (κ3) is 4.44. The van der Waals surface area contributed by atoms with Crippen LogP contribution in [0.5, 0.6) is 11.5 Å². The lowest BCUT2D eigenvalue weighted by Gasteiger charge is -2.21. The Hall–Kier alpha value is -1.75. The van der Waals surface area contributed by atoms with Gasteiger partial charge in [-0.1, -0.05) is 13.0 Å².